The van der Waals surface area contributed by atoms with Gasteiger partial charge in [0.05, 0.1) is 16.6 Å². The Bertz CT molecular complexity index is 1010. The number of aromatic nitrogens is 1. The van der Waals surface area contributed by atoms with Crippen molar-refractivity contribution in [3.05, 3.63) is 58.6 Å². The average molecular weight is 369 g/mol. The van der Waals surface area contributed by atoms with Crippen LogP contribution in [-0.2, 0) is 9.53 Å². The summed E-state index contributed by atoms with van der Waals surface area (Å²) >= 11 is 1.16. The third-order valence-electron chi connectivity index (χ3n) is 3.58. The van der Waals surface area contributed by atoms with Crippen molar-refractivity contribution in [2.45, 2.75) is 6.92 Å². The lowest BCUT2D eigenvalue weighted by atomic mass is 10.1. The molecule has 0 unspecified atom stereocenters. The molecule has 1 aromatic carbocycles. The van der Waals surface area contributed by atoms with E-state index >= 15 is 0 Å². The first-order valence-electron chi connectivity index (χ1n) is 7.66. The summed E-state index contributed by atoms with van der Waals surface area (Å²) in [5.74, 6) is -1.82. The maximum Gasteiger partial charge on any atom is 0.339 e. The monoisotopic (exact) mass is 369 g/mol. The second-order valence-corrected chi connectivity index (χ2v) is 6.40. The number of ether oxygens (including phenoxy) is 1. The number of pyridine rings is 1. The Morgan fingerprint density at radius 3 is 2.73 bits per heavy atom. The Morgan fingerprint density at radius 2 is 1.96 bits per heavy atom. The van der Waals surface area contributed by atoms with Gasteiger partial charge in [-0.3, -0.25) is 14.6 Å². The summed E-state index contributed by atoms with van der Waals surface area (Å²) in [4.78, 5) is 40.0. The first kappa shape index (κ1) is 17.6. The number of nitrogens with two attached hydrogens (primary N) is 1. The van der Waals surface area contributed by atoms with E-state index < -0.39 is 24.4 Å². The lowest BCUT2D eigenvalue weighted by Crippen LogP contribution is -2.22. The molecule has 2 heterocycles. The van der Waals surface area contributed by atoms with Crippen molar-refractivity contribution in [3.63, 3.8) is 0 Å². The molecule has 0 aliphatic rings. The molecule has 0 fully saturated rings. The van der Waals surface area contributed by atoms with Crippen LogP contribution in [0.15, 0.2) is 41.8 Å². The van der Waals surface area contributed by atoms with Crippen LogP contribution in [0.3, 0.4) is 0 Å². The summed E-state index contributed by atoms with van der Waals surface area (Å²) in [7, 11) is 0. The van der Waals surface area contributed by atoms with Gasteiger partial charge in [-0.2, -0.15) is 0 Å². The number of nitrogens with one attached hydrogen (secondary N) is 1. The zero-order valence-electron chi connectivity index (χ0n) is 13.8. The number of fused-ring (bicyclic) bond motifs is 1. The van der Waals surface area contributed by atoms with E-state index in [0.717, 1.165) is 11.3 Å². The second kappa shape index (κ2) is 7.32. The summed E-state index contributed by atoms with van der Waals surface area (Å²) in [5.41, 5.74) is 7.13. The topological polar surface area (TPSA) is 111 Å². The summed E-state index contributed by atoms with van der Waals surface area (Å²) in [6, 6.07) is 10.3. The maximum atomic E-state index is 12.4. The van der Waals surface area contributed by atoms with Crippen molar-refractivity contribution >= 4 is 45.0 Å². The Hall–Kier alpha value is -3.26. The fourth-order valence-electron chi connectivity index (χ4n) is 2.45. The molecule has 3 rings (SSSR count). The number of benzene rings is 1. The van der Waals surface area contributed by atoms with Gasteiger partial charge in [0, 0.05) is 11.1 Å². The highest BCUT2D eigenvalue weighted by Crippen LogP contribution is 2.23. The van der Waals surface area contributed by atoms with Crippen molar-refractivity contribution in [2.75, 3.05) is 11.9 Å². The largest absolute Gasteiger partial charge is 0.452 e. The molecule has 3 aromatic rings. The highest BCUT2D eigenvalue weighted by molar-refractivity contribution is 7.14. The van der Waals surface area contributed by atoms with Gasteiger partial charge in [0.25, 0.3) is 11.8 Å². The maximum absolute atomic E-state index is 12.4. The number of nitrogens with zero attached hydrogens (tertiary/aromatic N) is 1. The van der Waals surface area contributed by atoms with Crippen LogP contribution in [-0.4, -0.2) is 29.4 Å². The van der Waals surface area contributed by atoms with E-state index in [1.165, 1.54) is 6.07 Å². The number of hydrogen-bond acceptors (Lipinski definition) is 6. The summed E-state index contributed by atoms with van der Waals surface area (Å²) in [6.45, 7) is 1.29. The Labute approximate surface area is 152 Å². The van der Waals surface area contributed by atoms with Crippen LogP contribution < -0.4 is 11.1 Å². The molecular weight excluding hydrogens is 354 g/mol. The number of rotatable bonds is 5. The first-order valence-corrected chi connectivity index (χ1v) is 8.54. The van der Waals surface area contributed by atoms with Crippen molar-refractivity contribution < 1.29 is 19.1 Å². The number of thiophene rings is 1. The summed E-state index contributed by atoms with van der Waals surface area (Å²) in [5, 5.41) is 5.12. The van der Waals surface area contributed by atoms with Gasteiger partial charge < -0.3 is 15.8 Å². The molecule has 3 N–H and O–H groups in total. The van der Waals surface area contributed by atoms with Crippen LogP contribution in [0.25, 0.3) is 10.9 Å². The molecule has 0 radical (unpaired) electrons. The quantitative estimate of drug-likeness (QED) is 0.671. The van der Waals surface area contributed by atoms with Crippen LogP contribution in [0.2, 0.25) is 0 Å². The van der Waals surface area contributed by atoms with Gasteiger partial charge in [0.1, 0.15) is 5.00 Å². The van der Waals surface area contributed by atoms with E-state index in [1.807, 2.05) is 6.07 Å². The number of primary amides is 1. The Morgan fingerprint density at radius 1 is 1.19 bits per heavy atom. The van der Waals surface area contributed by atoms with Crippen molar-refractivity contribution in [2.24, 2.45) is 5.73 Å². The number of esters is 1. The van der Waals surface area contributed by atoms with Gasteiger partial charge in [-0.1, -0.05) is 18.2 Å². The van der Waals surface area contributed by atoms with E-state index in [-0.39, 0.29) is 5.56 Å². The van der Waals surface area contributed by atoms with E-state index in [1.54, 1.807) is 36.6 Å². The number of carbonyl (C=O) groups is 3. The molecule has 0 saturated heterocycles. The first-order chi connectivity index (χ1) is 12.5. The SMILES string of the molecule is Cc1cc(C(=O)OCC(=O)Nc2sccc2C(N)=O)c2ccccc2n1. The van der Waals surface area contributed by atoms with Crippen molar-refractivity contribution in [1.29, 1.82) is 0 Å². The van der Waals surface area contributed by atoms with Crippen LogP contribution in [0, 0.1) is 6.92 Å². The molecule has 0 saturated carbocycles. The van der Waals surface area contributed by atoms with Crippen LogP contribution in [0.1, 0.15) is 26.4 Å². The third-order valence-corrected chi connectivity index (χ3v) is 4.41. The molecule has 2 aromatic heterocycles. The predicted molar refractivity (Wildman–Crippen MR) is 98.2 cm³/mol. The normalized spacial score (nSPS) is 10.5. The van der Waals surface area contributed by atoms with Gasteiger partial charge in [-0.15, -0.1) is 11.3 Å². The second-order valence-electron chi connectivity index (χ2n) is 5.48. The number of carbonyl (C=O) groups excluding carboxylic acids is 3. The van der Waals surface area contributed by atoms with Crippen LogP contribution in [0.4, 0.5) is 5.00 Å². The standard InChI is InChI=1S/C18H15N3O4S/c1-10-8-13(11-4-2-3-5-14(11)20-10)18(24)25-9-15(22)21-17-12(16(19)23)6-7-26-17/h2-8H,9H2,1H3,(H2,19,23)(H,21,22). The number of anilines is 1. The minimum absolute atomic E-state index is 0.213. The van der Waals surface area contributed by atoms with Gasteiger partial charge >= 0.3 is 5.97 Å². The molecule has 0 spiro atoms. The lowest BCUT2D eigenvalue weighted by Gasteiger charge is -2.09. The van der Waals surface area contributed by atoms with Gasteiger partial charge in [0.2, 0.25) is 0 Å². The smallest absolute Gasteiger partial charge is 0.339 e. The minimum Gasteiger partial charge on any atom is -0.452 e. The zero-order valence-corrected chi connectivity index (χ0v) is 14.6. The number of hydrogen-bond donors (Lipinski definition) is 2. The fraction of sp³-hybridized carbons (Fsp3) is 0.111. The molecule has 2 amide bonds. The van der Waals surface area contributed by atoms with E-state index in [9.17, 15) is 14.4 Å². The minimum atomic E-state index is -0.641. The van der Waals surface area contributed by atoms with Crippen molar-refractivity contribution in [1.82, 2.24) is 4.98 Å². The molecule has 0 bridgehead atoms. The predicted octanol–water partition coefficient (Wildman–Crippen LogP) is 2.50. The molecular formula is C18H15N3O4S. The summed E-state index contributed by atoms with van der Waals surface area (Å²) < 4.78 is 5.11. The van der Waals surface area contributed by atoms with Gasteiger partial charge in [-0.05, 0) is 30.5 Å². The van der Waals surface area contributed by atoms with Gasteiger partial charge in [-0.25, -0.2) is 4.79 Å². The Kier molecular flexibility index (Phi) is 4.94. The molecule has 0 atom stereocenters. The molecule has 132 valence electrons. The van der Waals surface area contributed by atoms with E-state index in [2.05, 4.69) is 10.3 Å². The summed E-state index contributed by atoms with van der Waals surface area (Å²) in [6.07, 6.45) is 0. The van der Waals surface area contributed by atoms with Crippen LogP contribution in [0.5, 0.6) is 0 Å². The van der Waals surface area contributed by atoms with E-state index in [0.29, 0.717) is 27.2 Å². The number of para-hydroxylation sites is 1. The number of amides is 2. The average Bonchev–Trinajstić information content (AvgIpc) is 3.07. The highest BCUT2D eigenvalue weighted by atomic mass is 32.1. The highest BCUT2D eigenvalue weighted by Gasteiger charge is 2.17. The van der Waals surface area contributed by atoms with Crippen LogP contribution >= 0.6 is 11.3 Å². The Balaban J connectivity index is 1.70. The molecule has 0 aliphatic carbocycles. The molecule has 7 nitrogen and oxygen atoms in total. The fourth-order valence-corrected chi connectivity index (χ4v) is 3.26. The van der Waals surface area contributed by atoms with Gasteiger partial charge in [0.15, 0.2) is 6.61 Å². The molecule has 26 heavy (non-hydrogen) atoms. The third kappa shape index (κ3) is 3.70. The van der Waals surface area contributed by atoms with Crippen molar-refractivity contribution in [3.8, 4) is 0 Å². The molecule has 0 aliphatic heterocycles. The number of aryl methyl sites for hydroxylation is 1. The molecule has 8 heteroatoms. The lowest BCUT2D eigenvalue weighted by molar-refractivity contribution is -0.119. The zero-order chi connectivity index (χ0) is 18.7. The van der Waals surface area contributed by atoms with E-state index in [4.69, 9.17) is 10.5 Å².